The minimum absolute atomic E-state index is 0.118. The lowest BCUT2D eigenvalue weighted by atomic mass is 10.2. The third-order valence-electron chi connectivity index (χ3n) is 4.46. The third-order valence-corrected chi connectivity index (χ3v) is 6.68. The van der Waals surface area contributed by atoms with Crippen molar-refractivity contribution in [2.24, 2.45) is 0 Å². The van der Waals surface area contributed by atoms with Crippen LogP contribution in [-0.2, 0) is 4.74 Å². The molecule has 0 unspecified atom stereocenters. The third kappa shape index (κ3) is 2.92. The lowest BCUT2D eigenvalue weighted by Gasteiger charge is -2.19. The molecule has 136 valence electrons. The first-order chi connectivity index (χ1) is 12.6. The number of alkyl halides is 1. The Hall–Kier alpha value is -1.87. The maximum Gasteiger partial charge on any atom is 0.167 e. The number of halogens is 1. The fourth-order valence-electron chi connectivity index (χ4n) is 3.10. The number of anilines is 1. The van der Waals surface area contributed by atoms with Crippen molar-refractivity contribution < 1.29 is 9.84 Å². The van der Waals surface area contributed by atoms with E-state index in [0.717, 1.165) is 10.5 Å². The van der Waals surface area contributed by atoms with Crippen LogP contribution in [0.15, 0.2) is 41.8 Å². The first kappa shape index (κ1) is 17.5. The summed E-state index contributed by atoms with van der Waals surface area (Å²) < 4.78 is 7.81. The number of fused-ring (bicyclic) bond motifs is 1. The number of nitrogens with two attached hydrogens (primary N) is 1. The maximum atomic E-state index is 9.81. The van der Waals surface area contributed by atoms with E-state index in [4.69, 9.17) is 22.1 Å². The molecule has 4 atom stereocenters. The van der Waals surface area contributed by atoms with Crippen LogP contribution in [0, 0.1) is 6.92 Å². The number of rotatable bonds is 4. The highest BCUT2D eigenvalue weighted by Crippen LogP contribution is 2.44. The Morgan fingerprint density at radius 2 is 2.12 bits per heavy atom. The van der Waals surface area contributed by atoms with Gasteiger partial charge in [-0.15, -0.1) is 23.4 Å². The van der Waals surface area contributed by atoms with E-state index >= 15 is 0 Å². The van der Waals surface area contributed by atoms with Gasteiger partial charge in [0.25, 0.3) is 0 Å². The molecular weight excluding hydrogens is 374 g/mol. The predicted molar refractivity (Wildman–Crippen MR) is 101 cm³/mol. The second kappa shape index (κ2) is 7.03. The largest absolute Gasteiger partial charge is 0.394 e. The van der Waals surface area contributed by atoms with Gasteiger partial charge in [0.1, 0.15) is 11.8 Å². The van der Waals surface area contributed by atoms with E-state index in [1.165, 1.54) is 6.33 Å². The zero-order valence-electron chi connectivity index (χ0n) is 14.0. The molecule has 0 radical (unpaired) electrons. The number of hydrogen-bond donors (Lipinski definition) is 2. The second-order valence-corrected chi connectivity index (χ2v) is 7.85. The van der Waals surface area contributed by atoms with Crippen LogP contribution in [0.3, 0.4) is 0 Å². The van der Waals surface area contributed by atoms with Gasteiger partial charge < -0.3 is 15.6 Å². The number of ether oxygens (including phenoxy) is 1. The normalized spacial score (nSPS) is 25.8. The van der Waals surface area contributed by atoms with E-state index in [1.807, 2.05) is 18.2 Å². The molecule has 2 aromatic heterocycles. The number of imidazole rings is 1. The number of nitrogen functional groups attached to an aromatic ring is 1. The van der Waals surface area contributed by atoms with Gasteiger partial charge in [-0.05, 0) is 18.6 Å². The Bertz CT molecular complexity index is 936. The van der Waals surface area contributed by atoms with Crippen molar-refractivity contribution in [3.63, 3.8) is 0 Å². The summed E-state index contributed by atoms with van der Waals surface area (Å²) in [5, 5.41) is 9.30. The fourth-order valence-corrected chi connectivity index (χ4v) is 4.87. The first-order valence-electron chi connectivity index (χ1n) is 8.16. The zero-order valence-corrected chi connectivity index (χ0v) is 15.6. The molecule has 0 spiro atoms. The lowest BCUT2D eigenvalue weighted by molar-refractivity contribution is -0.0190. The molecule has 26 heavy (non-hydrogen) atoms. The molecule has 1 fully saturated rings. The highest BCUT2D eigenvalue weighted by Gasteiger charge is 2.45. The predicted octanol–water partition coefficient (Wildman–Crippen LogP) is 2.37. The van der Waals surface area contributed by atoms with Crippen molar-refractivity contribution in [3.05, 3.63) is 42.5 Å². The maximum absolute atomic E-state index is 9.81. The van der Waals surface area contributed by atoms with Crippen molar-refractivity contribution in [1.29, 1.82) is 0 Å². The summed E-state index contributed by atoms with van der Waals surface area (Å²) in [5.41, 5.74) is 8.09. The molecule has 9 heteroatoms. The van der Waals surface area contributed by atoms with E-state index in [1.54, 1.807) is 22.7 Å². The molecule has 3 heterocycles. The van der Waals surface area contributed by atoms with Gasteiger partial charge in [-0.2, -0.15) is 0 Å². The van der Waals surface area contributed by atoms with Gasteiger partial charge >= 0.3 is 0 Å². The first-order valence-corrected chi connectivity index (χ1v) is 9.47. The number of aliphatic hydroxyl groups is 1. The van der Waals surface area contributed by atoms with Crippen molar-refractivity contribution in [2.45, 2.75) is 34.8 Å². The van der Waals surface area contributed by atoms with E-state index in [0.29, 0.717) is 17.0 Å². The van der Waals surface area contributed by atoms with Gasteiger partial charge in [0, 0.05) is 4.90 Å². The Balaban J connectivity index is 1.66. The van der Waals surface area contributed by atoms with E-state index in [2.05, 4.69) is 27.9 Å². The van der Waals surface area contributed by atoms with E-state index in [-0.39, 0.29) is 17.2 Å². The molecule has 7 nitrogen and oxygen atoms in total. The van der Waals surface area contributed by atoms with Crippen molar-refractivity contribution in [2.75, 3.05) is 12.3 Å². The number of aromatic nitrogens is 4. The summed E-state index contributed by atoms with van der Waals surface area (Å²) in [6.07, 6.45) is 2.08. The fraction of sp³-hybridized carbons (Fsp3) is 0.353. The van der Waals surface area contributed by atoms with Crippen LogP contribution in [0.25, 0.3) is 11.2 Å². The number of thioether (sulfide) groups is 1. The number of nitrogens with zero attached hydrogens (tertiary/aromatic N) is 4. The smallest absolute Gasteiger partial charge is 0.167 e. The molecule has 4 rings (SSSR count). The van der Waals surface area contributed by atoms with Crippen LogP contribution in [0.4, 0.5) is 5.82 Å². The monoisotopic (exact) mass is 391 g/mol. The molecule has 1 aromatic carbocycles. The SMILES string of the molecule is Cc1ccccc1S[C@@H]1[C@@H](Cl)[C@H](n2cnc3c(N)ncnc32)O[C@@H]1CO. The standard InChI is InChI=1S/C17H18ClN5O2S/c1-9-4-2-3-5-11(9)26-14-10(6-24)25-17(12(14)18)23-8-22-13-15(19)20-7-21-16(13)23/h2-5,7-8,10,12,14,17,24H,6H2,1H3,(H2,19,20,21)/t10-,12-,14+,17-/m1/s1. The molecule has 0 aliphatic carbocycles. The number of benzene rings is 1. The Morgan fingerprint density at radius 3 is 2.88 bits per heavy atom. The van der Waals surface area contributed by atoms with Gasteiger partial charge in [0.05, 0.1) is 29.7 Å². The van der Waals surface area contributed by atoms with E-state index < -0.39 is 12.3 Å². The summed E-state index contributed by atoms with van der Waals surface area (Å²) in [6.45, 7) is 1.93. The summed E-state index contributed by atoms with van der Waals surface area (Å²) >= 11 is 8.39. The highest BCUT2D eigenvalue weighted by atomic mass is 35.5. The molecular formula is C17H18ClN5O2S. The van der Waals surface area contributed by atoms with Crippen LogP contribution >= 0.6 is 23.4 Å². The van der Waals surface area contributed by atoms with Crippen molar-refractivity contribution in [3.8, 4) is 0 Å². The summed E-state index contributed by atoms with van der Waals surface area (Å²) in [7, 11) is 0. The highest BCUT2D eigenvalue weighted by molar-refractivity contribution is 8.00. The van der Waals surface area contributed by atoms with Crippen LogP contribution < -0.4 is 5.73 Å². The second-order valence-electron chi connectivity index (χ2n) is 6.12. The molecule has 1 saturated heterocycles. The molecule has 1 aliphatic heterocycles. The van der Waals surface area contributed by atoms with Crippen LogP contribution in [0.5, 0.6) is 0 Å². The Morgan fingerprint density at radius 1 is 1.31 bits per heavy atom. The summed E-state index contributed by atoms with van der Waals surface area (Å²) in [4.78, 5) is 13.6. The zero-order chi connectivity index (χ0) is 18.3. The lowest BCUT2D eigenvalue weighted by Crippen LogP contribution is -2.27. The minimum atomic E-state index is -0.505. The van der Waals surface area contributed by atoms with Gasteiger partial charge in [-0.1, -0.05) is 18.2 Å². The Labute approximate surface area is 159 Å². The number of aliphatic hydroxyl groups excluding tert-OH is 1. The topological polar surface area (TPSA) is 99.1 Å². The van der Waals surface area contributed by atoms with Crippen molar-refractivity contribution in [1.82, 2.24) is 19.5 Å². The molecule has 0 bridgehead atoms. The van der Waals surface area contributed by atoms with Gasteiger partial charge in [0.2, 0.25) is 0 Å². The summed E-state index contributed by atoms with van der Waals surface area (Å²) in [5.74, 6) is 0.308. The number of hydrogen-bond acceptors (Lipinski definition) is 7. The van der Waals surface area contributed by atoms with Gasteiger partial charge in [-0.25, -0.2) is 15.0 Å². The van der Waals surface area contributed by atoms with Crippen LogP contribution in [0.2, 0.25) is 0 Å². The van der Waals surface area contributed by atoms with E-state index in [9.17, 15) is 5.11 Å². The molecule has 1 aliphatic rings. The van der Waals surface area contributed by atoms with Gasteiger partial charge in [0.15, 0.2) is 17.7 Å². The molecule has 0 saturated carbocycles. The number of aryl methyl sites for hydroxylation is 1. The summed E-state index contributed by atoms with van der Waals surface area (Å²) in [6, 6.07) is 8.08. The molecule has 3 N–H and O–H groups in total. The average molecular weight is 392 g/mol. The van der Waals surface area contributed by atoms with Gasteiger partial charge in [-0.3, -0.25) is 4.57 Å². The molecule has 3 aromatic rings. The molecule has 0 amide bonds. The van der Waals surface area contributed by atoms with Crippen LogP contribution in [-0.4, -0.2) is 48.0 Å². The van der Waals surface area contributed by atoms with Crippen molar-refractivity contribution >= 4 is 40.3 Å². The Kier molecular flexibility index (Phi) is 4.74. The average Bonchev–Trinajstić information content (AvgIpc) is 3.20. The minimum Gasteiger partial charge on any atom is -0.394 e. The van der Waals surface area contributed by atoms with Crippen LogP contribution in [0.1, 0.15) is 11.8 Å². The quantitative estimate of drug-likeness (QED) is 0.658.